The average molecular weight is 330 g/mol. The van der Waals surface area contributed by atoms with Crippen LogP contribution in [0.3, 0.4) is 0 Å². The zero-order chi connectivity index (χ0) is 17.7. The SMILES string of the molecule is CCOC(=O)C1=Cc2ccccc2N=C(NC(=O)OC(C)(C)C)C1. The number of hydrogen-bond donors (Lipinski definition) is 1. The van der Waals surface area contributed by atoms with E-state index < -0.39 is 17.7 Å². The fourth-order valence-corrected chi connectivity index (χ4v) is 2.16. The van der Waals surface area contributed by atoms with Gasteiger partial charge in [-0.05, 0) is 39.8 Å². The molecular formula is C18H22N2O4. The second-order valence-corrected chi connectivity index (χ2v) is 6.31. The lowest BCUT2D eigenvalue weighted by Gasteiger charge is -2.20. The average Bonchev–Trinajstić information content (AvgIpc) is 2.64. The van der Waals surface area contributed by atoms with Crippen molar-refractivity contribution in [2.45, 2.75) is 39.7 Å². The number of hydrogen-bond acceptors (Lipinski definition) is 5. The van der Waals surface area contributed by atoms with Crippen LogP contribution in [0.4, 0.5) is 10.5 Å². The van der Waals surface area contributed by atoms with E-state index in [1.54, 1.807) is 33.8 Å². The van der Waals surface area contributed by atoms with Crippen LogP contribution in [0.5, 0.6) is 0 Å². The van der Waals surface area contributed by atoms with Crippen molar-refractivity contribution in [3.63, 3.8) is 0 Å². The van der Waals surface area contributed by atoms with Gasteiger partial charge in [0.1, 0.15) is 11.4 Å². The number of ether oxygens (including phenoxy) is 2. The molecule has 1 N–H and O–H groups in total. The Kier molecular flexibility index (Phi) is 5.39. The van der Waals surface area contributed by atoms with Crippen LogP contribution in [0, 0.1) is 0 Å². The molecule has 0 spiro atoms. The Morgan fingerprint density at radius 2 is 1.96 bits per heavy atom. The lowest BCUT2D eigenvalue weighted by Crippen LogP contribution is -2.36. The molecule has 0 bridgehead atoms. The Morgan fingerprint density at radius 3 is 2.62 bits per heavy atom. The van der Waals surface area contributed by atoms with Crippen LogP contribution in [-0.4, -0.2) is 30.1 Å². The first kappa shape index (κ1) is 17.7. The molecule has 1 aliphatic rings. The molecule has 0 fully saturated rings. The van der Waals surface area contributed by atoms with Gasteiger partial charge in [0, 0.05) is 17.6 Å². The molecule has 0 aromatic heterocycles. The van der Waals surface area contributed by atoms with Gasteiger partial charge in [-0.25, -0.2) is 14.6 Å². The summed E-state index contributed by atoms with van der Waals surface area (Å²) in [5, 5.41) is 2.62. The highest BCUT2D eigenvalue weighted by molar-refractivity contribution is 6.06. The van der Waals surface area contributed by atoms with E-state index in [2.05, 4.69) is 10.3 Å². The number of para-hydroxylation sites is 1. The van der Waals surface area contributed by atoms with Crippen molar-refractivity contribution in [3.8, 4) is 0 Å². The van der Waals surface area contributed by atoms with Crippen molar-refractivity contribution in [3.05, 3.63) is 35.4 Å². The molecule has 1 heterocycles. The summed E-state index contributed by atoms with van der Waals surface area (Å²) in [7, 11) is 0. The minimum atomic E-state index is -0.618. The van der Waals surface area contributed by atoms with E-state index in [1.165, 1.54) is 0 Å². The van der Waals surface area contributed by atoms with E-state index in [4.69, 9.17) is 9.47 Å². The van der Waals surface area contributed by atoms with E-state index >= 15 is 0 Å². The van der Waals surface area contributed by atoms with Gasteiger partial charge in [-0.2, -0.15) is 0 Å². The topological polar surface area (TPSA) is 77.0 Å². The van der Waals surface area contributed by atoms with E-state index in [0.29, 0.717) is 17.1 Å². The molecule has 1 aromatic carbocycles. The highest BCUT2D eigenvalue weighted by Crippen LogP contribution is 2.26. The number of rotatable bonds is 2. The van der Waals surface area contributed by atoms with E-state index in [1.807, 2.05) is 24.3 Å². The Hall–Kier alpha value is -2.63. The monoisotopic (exact) mass is 330 g/mol. The number of benzene rings is 1. The normalized spacial score (nSPS) is 13.8. The molecule has 2 rings (SSSR count). The van der Waals surface area contributed by atoms with Gasteiger partial charge in [0.15, 0.2) is 0 Å². The van der Waals surface area contributed by atoms with Crippen molar-refractivity contribution in [2.75, 3.05) is 6.61 Å². The first-order chi connectivity index (χ1) is 11.3. The number of carbonyl (C=O) groups excluding carboxylic acids is 2. The maximum absolute atomic E-state index is 12.1. The fraction of sp³-hybridized carbons (Fsp3) is 0.389. The van der Waals surface area contributed by atoms with Gasteiger partial charge in [-0.15, -0.1) is 0 Å². The van der Waals surface area contributed by atoms with Crippen LogP contribution >= 0.6 is 0 Å². The molecule has 1 amide bonds. The Morgan fingerprint density at radius 1 is 1.25 bits per heavy atom. The second kappa shape index (κ2) is 7.29. The Bertz CT molecular complexity index is 699. The summed E-state index contributed by atoms with van der Waals surface area (Å²) in [6.45, 7) is 7.36. The summed E-state index contributed by atoms with van der Waals surface area (Å²) in [5.41, 5.74) is 1.27. The molecule has 6 nitrogen and oxygen atoms in total. The lowest BCUT2D eigenvalue weighted by molar-refractivity contribution is -0.138. The zero-order valence-corrected chi connectivity index (χ0v) is 14.4. The van der Waals surface area contributed by atoms with Gasteiger partial charge in [-0.3, -0.25) is 5.32 Å². The van der Waals surface area contributed by atoms with Crippen molar-refractivity contribution < 1.29 is 19.1 Å². The standard InChI is InChI=1S/C18H22N2O4/c1-5-23-16(21)13-10-12-8-6-7-9-14(12)19-15(11-13)20-17(22)24-18(2,3)4/h6-10H,5,11H2,1-4H3,(H,19,20,22). The number of alkyl carbamates (subject to hydrolysis) is 1. The van der Waals surface area contributed by atoms with Gasteiger partial charge in [0.2, 0.25) is 0 Å². The Balaban J connectivity index is 2.29. The molecule has 1 aromatic rings. The van der Waals surface area contributed by atoms with Crippen LogP contribution in [-0.2, 0) is 14.3 Å². The van der Waals surface area contributed by atoms with Crippen molar-refractivity contribution in [2.24, 2.45) is 4.99 Å². The molecule has 6 heteroatoms. The third kappa shape index (κ3) is 4.94. The summed E-state index contributed by atoms with van der Waals surface area (Å²) in [5.74, 6) is -0.0820. The van der Waals surface area contributed by atoms with E-state index in [-0.39, 0.29) is 13.0 Å². The summed E-state index contributed by atoms with van der Waals surface area (Å²) in [6, 6.07) is 7.38. The van der Waals surface area contributed by atoms with Crippen LogP contribution in [0.25, 0.3) is 6.08 Å². The van der Waals surface area contributed by atoms with Crippen LogP contribution in [0.2, 0.25) is 0 Å². The van der Waals surface area contributed by atoms with Crippen molar-refractivity contribution in [1.82, 2.24) is 5.32 Å². The number of esters is 1. The predicted octanol–water partition coefficient (Wildman–Crippen LogP) is 3.59. The molecule has 128 valence electrons. The Labute approximate surface area is 141 Å². The van der Waals surface area contributed by atoms with E-state index in [0.717, 1.165) is 5.56 Å². The number of amides is 1. The molecule has 0 saturated carbocycles. The molecule has 24 heavy (non-hydrogen) atoms. The smallest absolute Gasteiger partial charge is 0.413 e. The number of nitrogens with one attached hydrogen (secondary N) is 1. The molecular weight excluding hydrogens is 308 g/mol. The third-order valence-corrected chi connectivity index (χ3v) is 3.06. The highest BCUT2D eigenvalue weighted by Gasteiger charge is 2.22. The van der Waals surface area contributed by atoms with Crippen LogP contribution in [0.1, 0.15) is 39.7 Å². The maximum Gasteiger partial charge on any atom is 0.413 e. The number of fused-ring (bicyclic) bond motifs is 1. The quantitative estimate of drug-likeness (QED) is 0.841. The van der Waals surface area contributed by atoms with Gasteiger partial charge >= 0.3 is 12.1 Å². The minimum absolute atomic E-state index is 0.159. The predicted molar refractivity (Wildman–Crippen MR) is 92.1 cm³/mol. The first-order valence-electron chi connectivity index (χ1n) is 7.83. The molecule has 0 atom stereocenters. The largest absolute Gasteiger partial charge is 0.463 e. The van der Waals surface area contributed by atoms with Crippen LogP contribution < -0.4 is 5.32 Å². The first-order valence-corrected chi connectivity index (χ1v) is 7.83. The maximum atomic E-state index is 12.1. The molecule has 0 saturated heterocycles. The minimum Gasteiger partial charge on any atom is -0.463 e. The zero-order valence-electron chi connectivity index (χ0n) is 14.4. The number of aliphatic imine (C=N–C) groups is 1. The number of amidine groups is 1. The number of nitrogens with zero attached hydrogens (tertiary/aromatic N) is 1. The number of carbonyl (C=O) groups is 2. The summed E-state index contributed by atoms with van der Waals surface area (Å²) >= 11 is 0. The van der Waals surface area contributed by atoms with Gasteiger partial charge in [-0.1, -0.05) is 18.2 Å². The van der Waals surface area contributed by atoms with Gasteiger partial charge < -0.3 is 9.47 Å². The highest BCUT2D eigenvalue weighted by atomic mass is 16.6. The third-order valence-electron chi connectivity index (χ3n) is 3.06. The second-order valence-electron chi connectivity index (χ2n) is 6.31. The van der Waals surface area contributed by atoms with Gasteiger partial charge in [0.05, 0.1) is 12.3 Å². The fourth-order valence-electron chi connectivity index (χ4n) is 2.16. The van der Waals surface area contributed by atoms with Gasteiger partial charge in [0.25, 0.3) is 0 Å². The lowest BCUT2D eigenvalue weighted by atomic mass is 10.1. The van der Waals surface area contributed by atoms with E-state index in [9.17, 15) is 9.59 Å². The molecule has 0 aliphatic carbocycles. The summed E-state index contributed by atoms with van der Waals surface area (Å²) in [4.78, 5) is 28.6. The summed E-state index contributed by atoms with van der Waals surface area (Å²) < 4.78 is 10.3. The van der Waals surface area contributed by atoms with Crippen LogP contribution in [0.15, 0.2) is 34.8 Å². The molecule has 0 radical (unpaired) electrons. The molecule has 0 unspecified atom stereocenters. The van der Waals surface area contributed by atoms with Crippen molar-refractivity contribution >= 4 is 29.7 Å². The summed E-state index contributed by atoms with van der Waals surface area (Å²) in [6.07, 6.45) is 1.29. The van der Waals surface area contributed by atoms with Crippen molar-refractivity contribution in [1.29, 1.82) is 0 Å². The molecule has 1 aliphatic heterocycles.